The Balaban J connectivity index is 1.88. The van der Waals surface area contributed by atoms with Crippen molar-refractivity contribution < 1.29 is 0 Å². The molecule has 1 saturated heterocycles. The van der Waals surface area contributed by atoms with Gasteiger partial charge in [-0.2, -0.15) is 0 Å². The summed E-state index contributed by atoms with van der Waals surface area (Å²) in [6, 6.07) is 7.10. The van der Waals surface area contributed by atoms with Crippen molar-refractivity contribution in [1.82, 2.24) is 20.1 Å². The maximum absolute atomic E-state index is 4.79. The van der Waals surface area contributed by atoms with Crippen LogP contribution in [0.25, 0.3) is 0 Å². The van der Waals surface area contributed by atoms with Gasteiger partial charge in [0.1, 0.15) is 0 Å². The Morgan fingerprint density at radius 2 is 2.14 bits per heavy atom. The van der Waals surface area contributed by atoms with Gasteiger partial charge in [-0.25, -0.2) is 0 Å². The summed E-state index contributed by atoms with van der Waals surface area (Å²) in [6.45, 7) is 7.46. The van der Waals surface area contributed by atoms with Crippen molar-refractivity contribution in [3.05, 3.63) is 29.6 Å². The summed E-state index contributed by atoms with van der Waals surface area (Å²) in [5.74, 6) is 0. The second-order valence-corrected chi connectivity index (χ2v) is 6.29. The first-order chi connectivity index (χ1) is 10.2. The highest BCUT2D eigenvalue weighted by molar-refractivity contribution is 5.11. The Labute approximate surface area is 129 Å². The fourth-order valence-electron chi connectivity index (χ4n) is 2.93. The second-order valence-electron chi connectivity index (χ2n) is 6.29. The van der Waals surface area contributed by atoms with Gasteiger partial charge in [-0.05, 0) is 58.6 Å². The second kappa shape index (κ2) is 8.47. The Morgan fingerprint density at radius 3 is 2.90 bits per heavy atom. The lowest BCUT2D eigenvalue weighted by molar-refractivity contribution is 0.127. The molecule has 4 nitrogen and oxygen atoms in total. The van der Waals surface area contributed by atoms with Gasteiger partial charge in [0.05, 0.1) is 11.4 Å². The number of pyridine rings is 1. The first kappa shape index (κ1) is 16.4. The van der Waals surface area contributed by atoms with E-state index in [9.17, 15) is 0 Å². The molecule has 0 spiro atoms. The number of nitrogens with one attached hydrogen (secondary N) is 1. The highest BCUT2D eigenvalue weighted by atomic mass is 15.2. The molecule has 0 amide bonds. The molecule has 1 atom stereocenters. The standard InChI is InChI=1S/C17H30N4/c1-4-10-18-12-15-7-5-8-16(19-15)13-21-11-6-9-17(14-21)20(2)3/h5,7-8,17-18H,4,6,9-14H2,1-3H3. The molecule has 1 aliphatic heterocycles. The van der Waals surface area contributed by atoms with Crippen molar-refractivity contribution in [2.24, 2.45) is 0 Å². The molecule has 0 aliphatic carbocycles. The molecule has 1 fully saturated rings. The first-order valence-corrected chi connectivity index (χ1v) is 8.23. The number of hydrogen-bond acceptors (Lipinski definition) is 4. The van der Waals surface area contributed by atoms with E-state index in [4.69, 9.17) is 4.98 Å². The number of piperidine rings is 1. The van der Waals surface area contributed by atoms with Gasteiger partial charge in [-0.3, -0.25) is 9.88 Å². The fraction of sp³-hybridized carbons (Fsp3) is 0.706. The Kier molecular flexibility index (Phi) is 6.61. The number of aromatic nitrogens is 1. The van der Waals surface area contributed by atoms with Crippen LogP contribution in [0.1, 0.15) is 37.6 Å². The van der Waals surface area contributed by atoms with Gasteiger partial charge in [-0.15, -0.1) is 0 Å². The summed E-state index contributed by atoms with van der Waals surface area (Å²) < 4.78 is 0. The number of likely N-dealkylation sites (N-methyl/N-ethyl adjacent to an activating group) is 1. The van der Waals surface area contributed by atoms with E-state index in [0.717, 1.165) is 31.9 Å². The summed E-state index contributed by atoms with van der Waals surface area (Å²) in [7, 11) is 4.37. The molecule has 4 heteroatoms. The number of rotatable bonds is 7. The Morgan fingerprint density at radius 1 is 1.33 bits per heavy atom. The van der Waals surface area contributed by atoms with Crippen LogP contribution < -0.4 is 5.32 Å². The summed E-state index contributed by atoms with van der Waals surface area (Å²) in [4.78, 5) is 9.68. The van der Waals surface area contributed by atoms with E-state index in [-0.39, 0.29) is 0 Å². The smallest absolute Gasteiger partial charge is 0.0547 e. The predicted octanol–water partition coefficient (Wildman–Crippen LogP) is 2.11. The Bertz CT molecular complexity index is 419. The minimum atomic E-state index is 0.688. The van der Waals surface area contributed by atoms with Crippen LogP contribution in [0.3, 0.4) is 0 Å². The summed E-state index contributed by atoms with van der Waals surface area (Å²) >= 11 is 0. The average molecular weight is 290 g/mol. The average Bonchev–Trinajstić information content (AvgIpc) is 2.48. The van der Waals surface area contributed by atoms with Gasteiger partial charge in [-0.1, -0.05) is 13.0 Å². The van der Waals surface area contributed by atoms with Crippen LogP contribution in [-0.4, -0.2) is 54.6 Å². The molecule has 0 saturated carbocycles. The van der Waals surface area contributed by atoms with Crippen LogP contribution in [0, 0.1) is 0 Å². The zero-order valence-electron chi connectivity index (χ0n) is 13.8. The van der Waals surface area contributed by atoms with Crippen LogP contribution in [-0.2, 0) is 13.1 Å². The van der Waals surface area contributed by atoms with Crippen molar-refractivity contribution in [2.75, 3.05) is 33.7 Å². The molecule has 0 radical (unpaired) electrons. The third kappa shape index (κ3) is 5.38. The van der Waals surface area contributed by atoms with E-state index in [2.05, 4.69) is 54.3 Å². The molecular weight excluding hydrogens is 260 g/mol. The maximum atomic E-state index is 4.79. The highest BCUT2D eigenvalue weighted by Gasteiger charge is 2.21. The summed E-state index contributed by atoms with van der Waals surface area (Å²) in [5.41, 5.74) is 2.35. The number of hydrogen-bond donors (Lipinski definition) is 1. The van der Waals surface area contributed by atoms with Gasteiger partial charge in [0, 0.05) is 25.7 Å². The van der Waals surface area contributed by atoms with Crippen molar-refractivity contribution in [3.8, 4) is 0 Å². The van der Waals surface area contributed by atoms with E-state index in [1.165, 1.54) is 31.5 Å². The minimum absolute atomic E-state index is 0.688. The zero-order valence-corrected chi connectivity index (χ0v) is 13.8. The molecule has 1 aromatic rings. The summed E-state index contributed by atoms with van der Waals surface area (Å²) in [5, 5.41) is 3.42. The van der Waals surface area contributed by atoms with Crippen LogP contribution in [0.5, 0.6) is 0 Å². The van der Waals surface area contributed by atoms with Crippen LogP contribution in [0.2, 0.25) is 0 Å². The molecule has 118 valence electrons. The lowest BCUT2D eigenvalue weighted by atomic mass is 10.0. The maximum Gasteiger partial charge on any atom is 0.0547 e. The van der Waals surface area contributed by atoms with E-state index in [1.807, 2.05) is 0 Å². The third-order valence-electron chi connectivity index (χ3n) is 4.19. The van der Waals surface area contributed by atoms with Gasteiger partial charge >= 0.3 is 0 Å². The largest absolute Gasteiger partial charge is 0.311 e. The van der Waals surface area contributed by atoms with E-state index in [1.54, 1.807) is 0 Å². The fourth-order valence-corrected chi connectivity index (χ4v) is 2.93. The number of likely N-dealkylation sites (tertiary alicyclic amines) is 1. The van der Waals surface area contributed by atoms with Gasteiger partial charge in [0.15, 0.2) is 0 Å². The van der Waals surface area contributed by atoms with Gasteiger partial charge in [0.25, 0.3) is 0 Å². The quantitative estimate of drug-likeness (QED) is 0.779. The molecule has 0 bridgehead atoms. The third-order valence-corrected chi connectivity index (χ3v) is 4.19. The monoisotopic (exact) mass is 290 g/mol. The molecular formula is C17H30N4. The molecule has 2 heterocycles. The van der Waals surface area contributed by atoms with Crippen LogP contribution in [0.4, 0.5) is 0 Å². The zero-order chi connectivity index (χ0) is 15.1. The first-order valence-electron chi connectivity index (χ1n) is 8.23. The lowest BCUT2D eigenvalue weighted by Gasteiger charge is -2.35. The number of nitrogens with zero attached hydrogens (tertiary/aromatic N) is 3. The van der Waals surface area contributed by atoms with Gasteiger partial charge in [0.2, 0.25) is 0 Å². The molecule has 1 N–H and O–H groups in total. The van der Waals surface area contributed by atoms with Crippen LogP contribution in [0.15, 0.2) is 18.2 Å². The summed E-state index contributed by atoms with van der Waals surface area (Å²) in [6.07, 6.45) is 3.78. The lowest BCUT2D eigenvalue weighted by Crippen LogP contribution is -2.44. The predicted molar refractivity (Wildman–Crippen MR) is 88.2 cm³/mol. The van der Waals surface area contributed by atoms with E-state index >= 15 is 0 Å². The minimum Gasteiger partial charge on any atom is -0.311 e. The highest BCUT2D eigenvalue weighted by Crippen LogP contribution is 2.15. The molecule has 2 rings (SSSR count). The van der Waals surface area contributed by atoms with Crippen molar-refractivity contribution in [3.63, 3.8) is 0 Å². The van der Waals surface area contributed by atoms with Crippen LogP contribution >= 0.6 is 0 Å². The molecule has 0 aromatic carbocycles. The van der Waals surface area contributed by atoms with E-state index in [0.29, 0.717) is 6.04 Å². The normalized spacial score (nSPS) is 20.1. The Hall–Kier alpha value is -0.970. The molecule has 21 heavy (non-hydrogen) atoms. The van der Waals surface area contributed by atoms with Crippen molar-refractivity contribution >= 4 is 0 Å². The van der Waals surface area contributed by atoms with Gasteiger partial charge < -0.3 is 10.2 Å². The van der Waals surface area contributed by atoms with Crippen molar-refractivity contribution in [1.29, 1.82) is 0 Å². The van der Waals surface area contributed by atoms with Crippen molar-refractivity contribution in [2.45, 2.75) is 45.3 Å². The molecule has 1 aromatic heterocycles. The molecule has 1 aliphatic rings. The molecule has 1 unspecified atom stereocenters. The topological polar surface area (TPSA) is 31.4 Å². The SMILES string of the molecule is CCCNCc1cccc(CN2CCCC(N(C)C)C2)n1. The van der Waals surface area contributed by atoms with E-state index < -0.39 is 0 Å².